The normalized spacial score (nSPS) is 14.4. The lowest BCUT2D eigenvalue weighted by Gasteiger charge is -2.15. The van der Waals surface area contributed by atoms with E-state index in [1.54, 1.807) is 17.8 Å². The molecule has 2 rings (SSSR count). The number of amides is 1. The summed E-state index contributed by atoms with van der Waals surface area (Å²) in [5, 5.41) is 2.82. The highest BCUT2D eigenvalue weighted by molar-refractivity contribution is 7.97. The Hall–Kier alpha value is -1.49. The van der Waals surface area contributed by atoms with E-state index in [2.05, 4.69) is 5.32 Å². The Morgan fingerprint density at radius 2 is 2.30 bits per heavy atom. The molecule has 5 heteroatoms. The third kappa shape index (κ3) is 4.00. The zero-order valence-corrected chi connectivity index (χ0v) is 12.3. The molecule has 0 bridgehead atoms. The zero-order chi connectivity index (χ0) is 14.4. The van der Waals surface area contributed by atoms with E-state index in [0.29, 0.717) is 18.9 Å². The van der Waals surface area contributed by atoms with Gasteiger partial charge in [-0.2, -0.15) is 11.8 Å². The number of rotatable bonds is 5. The number of carbonyl (C=O) groups is 1. The van der Waals surface area contributed by atoms with Gasteiger partial charge < -0.3 is 10.1 Å². The predicted octanol–water partition coefficient (Wildman–Crippen LogP) is 3.00. The van der Waals surface area contributed by atoms with Gasteiger partial charge in [0.15, 0.2) is 5.76 Å². The molecule has 1 heterocycles. The summed E-state index contributed by atoms with van der Waals surface area (Å²) >= 11 is 1.62. The molecular formula is C15H18FNO2S. The van der Waals surface area contributed by atoms with Crippen molar-refractivity contribution in [3.63, 3.8) is 0 Å². The second-order valence-electron chi connectivity index (χ2n) is 4.59. The molecule has 1 aromatic rings. The summed E-state index contributed by atoms with van der Waals surface area (Å²) in [6.07, 6.45) is 5.60. The van der Waals surface area contributed by atoms with Crippen LogP contribution in [-0.2, 0) is 21.8 Å². The van der Waals surface area contributed by atoms with E-state index in [-0.39, 0.29) is 11.7 Å². The molecular weight excluding hydrogens is 277 g/mol. The van der Waals surface area contributed by atoms with E-state index >= 15 is 0 Å². The lowest BCUT2D eigenvalue weighted by Crippen LogP contribution is -2.27. The molecule has 0 radical (unpaired) electrons. The molecule has 0 atom stereocenters. The van der Waals surface area contributed by atoms with Crippen molar-refractivity contribution in [3.8, 4) is 0 Å². The fourth-order valence-corrected chi connectivity index (χ4v) is 2.61. The molecule has 1 N–H and O–H groups in total. The van der Waals surface area contributed by atoms with Crippen LogP contribution in [0.5, 0.6) is 0 Å². The van der Waals surface area contributed by atoms with Crippen LogP contribution in [0.15, 0.2) is 30.0 Å². The number of thioether (sulfide) groups is 1. The molecule has 1 aliphatic heterocycles. The molecule has 0 aliphatic carbocycles. The van der Waals surface area contributed by atoms with Crippen molar-refractivity contribution < 1.29 is 13.9 Å². The first-order valence-corrected chi connectivity index (χ1v) is 7.97. The van der Waals surface area contributed by atoms with Gasteiger partial charge in [-0.05, 0) is 48.4 Å². The van der Waals surface area contributed by atoms with Gasteiger partial charge >= 0.3 is 0 Å². The van der Waals surface area contributed by atoms with Crippen molar-refractivity contribution in [1.82, 2.24) is 5.32 Å². The third-order valence-electron chi connectivity index (χ3n) is 3.07. The van der Waals surface area contributed by atoms with E-state index in [4.69, 9.17) is 4.74 Å². The monoisotopic (exact) mass is 295 g/mol. The molecule has 0 aromatic heterocycles. The number of ether oxygens (including phenoxy) is 1. The van der Waals surface area contributed by atoms with Crippen LogP contribution in [0.2, 0.25) is 0 Å². The maximum absolute atomic E-state index is 13.2. The lowest BCUT2D eigenvalue weighted by atomic mass is 10.1. The van der Waals surface area contributed by atoms with Gasteiger partial charge in [0.1, 0.15) is 5.82 Å². The maximum Gasteiger partial charge on any atom is 0.286 e. The van der Waals surface area contributed by atoms with Crippen LogP contribution in [0.25, 0.3) is 0 Å². The fraction of sp³-hybridized carbons (Fsp3) is 0.400. The number of nitrogens with one attached hydrogen (secondary N) is 1. The first-order chi connectivity index (χ1) is 9.70. The van der Waals surface area contributed by atoms with Crippen LogP contribution in [-0.4, -0.2) is 18.8 Å². The SMILES string of the molecule is CSCc1cc(F)ccc1CNC(=O)C1=CCCCO1. The molecule has 3 nitrogen and oxygen atoms in total. The second kappa shape index (κ2) is 7.33. The Kier molecular flexibility index (Phi) is 5.47. The lowest BCUT2D eigenvalue weighted by molar-refractivity contribution is -0.121. The number of halogens is 1. The molecule has 108 valence electrons. The topological polar surface area (TPSA) is 38.3 Å². The Labute approximate surface area is 122 Å². The second-order valence-corrected chi connectivity index (χ2v) is 5.45. The van der Waals surface area contributed by atoms with Crippen molar-refractivity contribution in [1.29, 1.82) is 0 Å². The van der Waals surface area contributed by atoms with Crippen molar-refractivity contribution in [2.24, 2.45) is 0 Å². The molecule has 1 aromatic carbocycles. The van der Waals surface area contributed by atoms with Crippen molar-refractivity contribution >= 4 is 17.7 Å². The molecule has 1 aliphatic rings. The van der Waals surface area contributed by atoms with Crippen molar-refractivity contribution in [2.75, 3.05) is 12.9 Å². The summed E-state index contributed by atoms with van der Waals surface area (Å²) in [4.78, 5) is 11.9. The summed E-state index contributed by atoms with van der Waals surface area (Å²) in [6.45, 7) is 0.975. The molecule has 0 spiro atoms. The Morgan fingerprint density at radius 1 is 1.45 bits per heavy atom. The maximum atomic E-state index is 13.2. The van der Waals surface area contributed by atoms with Crippen LogP contribution in [0.1, 0.15) is 24.0 Å². The smallest absolute Gasteiger partial charge is 0.286 e. The van der Waals surface area contributed by atoms with Gasteiger partial charge in [0.2, 0.25) is 0 Å². The number of allylic oxidation sites excluding steroid dienone is 1. The highest BCUT2D eigenvalue weighted by Crippen LogP contribution is 2.17. The standard InChI is InChI=1S/C15H18FNO2S/c1-20-10-12-8-13(16)6-5-11(12)9-17-15(18)14-4-2-3-7-19-14/h4-6,8H,2-3,7,9-10H2,1H3,(H,17,18). The third-order valence-corrected chi connectivity index (χ3v) is 3.67. The molecule has 20 heavy (non-hydrogen) atoms. The molecule has 0 saturated heterocycles. The van der Waals surface area contributed by atoms with Gasteiger partial charge in [0.05, 0.1) is 6.61 Å². The highest BCUT2D eigenvalue weighted by Gasteiger charge is 2.14. The minimum atomic E-state index is -0.248. The Morgan fingerprint density at radius 3 is 3.00 bits per heavy atom. The molecule has 0 saturated carbocycles. The number of hydrogen-bond acceptors (Lipinski definition) is 3. The molecule has 1 amide bonds. The van der Waals surface area contributed by atoms with Crippen LogP contribution in [0.3, 0.4) is 0 Å². The minimum Gasteiger partial charge on any atom is -0.488 e. The minimum absolute atomic E-state index is 0.205. The van der Waals surface area contributed by atoms with Gasteiger partial charge in [-0.15, -0.1) is 0 Å². The number of carbonyl (C=O) groups excluding carboxylic acids is 1. The van der Waals surface area contributed by atoms with Crippen LogP contribution in [0.4, 0.5) is 4.39 Å². The molecule has 0 unspecified atom stereocenters. The first kappa shape index (κ1) is 14.9. The van der Waals surface area contributed by atoms with Crippen LogP contribution < -0.4 is 5.32 Å². The first-order valence-electron chi connectivity index (χ1n) is 6.58. The van der Waals surface area contributed by atoms with Crippen LogP contribution in [0, 0.1) is 5.82 Å². The summed E-state index contributed by atoms with van der Waals surface area (Å²) in [5.74, 6) is 0.665. The highest BCUT2D eigenvalue weighted by atomic mass is 32.2. The van der Waals surface area contributed by atoms with E-state index in [1.165, 1.54) is 12.1 Å². The summed E-state index contributed by atoms with van der Waals surface area (Å²) in [5.41, 5.74) is 1.85. The van der Waals surface area contributed by atoms with Gasteiger partial charge in [-0.25, -0.2) is 4.39 Å². The van der Waals surface area contributed by atoms with Crippen molar-refractivity contribution in [3.05, 3.63) is 47.0 Å². The predicted molar refractivity (Wildman–Crippen MR) is 78.7 cm³/mol. The van der Waals surface area contributed by atoms with E-state index in [0.717, 1.165) is 29.7 Å². The van der Waals surface area contributed by atoms with E-state index < -0.39 is 0 Å². The molecule has 0 fully saturated rings. The number of benzene rings is 1. The van der Waals surface area contributed by atoms with Crippen LogP contribution >= 0.6 is 11.8 Å². The average Bonchev–Trinajstić information content (AvgIpc) is 2.47. The van der Waals surface area contributed by atoms with Gasteiger partial charge in [-0.3, -0.25) is 4.79 Å². The summed E-state index contributed by atoms with van der Waals surface area (Å²) in [6, 6.07) is 4.66. The fourth-order valence-electron chi connectivity index (χ4n) is 2.04. The van der Waals surface area contributed by atoms with Gasteiger partial charge in [0, 0.05) is 12.3 Å². The Balaban J connectivity index is 1.99. The average molecular weight is 295 g/mol. The van der Waals surface area contributed by atoms with E-state index in [9.17, 15) is 9.18 Å². The van der Waals surface area contributed by atoms with Gasteiger partial charge in [-0.1, -0.05) is 6.07 Å². The largest absolute Gasteiger partial charge is 0.488 e. The summed E-state index contributed by atoms with van der Waals surface area (Å²) < 4.78 is 18.5. The van der Waals surface area contributed by atoms with Crippen molar-refractivity contribution in [2.45, 2.75) is 25.1 Å². The van der Waals surface area contributed by atoms with E-state index in [1.807, 2.05) is 12.3 Å². The number of hydrogen-bond donors (Lipinski definition) is 1. The summed E-state index contributed by atoms with van der Waals surface area (Å²) in [7, 11) is 0. The zero-order valence-electron chi connectivity index (χ0n) is 11.4. The van der Waals surface area contributed by atoms with Gasteiger partial charge in [0.25, 0.3) is 5.91 Å². The quantitative estimate of drug-likeness (QED) is 0.907. The Bertz CT molecular complexity index is 517.